The highest BCUT2D eigenvalue weighted by Gasteiger charge is 2.23. The van der Waals surface area contributed by atoms with Crippen LogP contribution in [-0.4, -0.2) is 59.8 Å². The third-order valence-corrected chi connectivity index (χ3v) is 5.89. The molecule has 4 rings (SSSR count). The van der Waals surface area contributed by atoms with Gasteiger partial charge in [0.25, 0.3) is 5.91 Å². The third-order valence-electron chi connectivity index (χ3n) is 5.89. The molecule has 35 heavy (non-hydrogen) atoms. The van der Waals surface area contributed by atoms with Crippen LogP contribution in [0.4, 0.5) is 0 Å². The lowest BCUT2D eigenvalue weighted by atomic mass is 10.1. The van der Waals surface area contributed by atoms with Gasteiger partial charge in [0.05, 0.1) is 18.5 Å². The molecule has 0 aliphatic carbocycles. The van der Waals surface area contributed by atoms with Gasteiger partial charge in [0.2, 0.25) is 0 Å². The number of aryl methyl sites for hydroxylation is 1. The summed E-state index contributed by atoms with van der Waals surface area (Å²) in [7, 11) is 5.68. The first-order valence-electron chi connectivity index (χ1n) is 11.7. The van der Waals surface area contributed by atoms with Crippen LogP contribution in [0.5, 0.6) is 5.75 Å². The molecule has 0 N–H and O–H groups in total. The summed E-state index contributed by atoms with van der Waals surface area (Å²) in [6.07, 6.45) is 0. The highest BCUT2D eigenvalue weighted by Crippen LogP contribution is 2.26. The molecule has 0 aliphatic heterocycles. The van der Waals surface area contributed by atoms with Crippen molar-refractivity contribution in [2.75, 3.05) is 34.3 Å². The first kappa shape index (κ1) is 24.2. The van der Waals surface area contributed by atoms with E-state index in [1.165, 1.54) is 0 Å². The molecule has 6 heteroatoms. The van der Waals surface area contributed by atoms with E-state index in [0.29, 0.717) is 18.8 Å². The number of hydrogen-bond donors (Lipinski definition) is 0. The van der Waals surface area contributed by atoms with Gasteiger partial charge in [-0.05, 0) is 56.9 Å². The lowest BCUT2D eigenvalue weighted by Crippen LogP contribution is -2.37. The second kappa shape index (κ2) is 11.0. The fraction of sp³-hybridized carbons (Fsp3) is 0.241. The number of methoxy groups -OCH3 is 1. The summed E-state index contributed by atoms with van der Waals surface area (Å²) in [4.78, 5) is 18.0. The predicted molar refractivity (Wildman–Crippen MR) is 140 cm³/mol. The molecule has 0 saturated heterocycles. The maximum atomic E-state index is 14.0. The molecule has 1 amide bonds. The summed E-state index contributed by atoms with van der Waals surface area (Å²) in [6, 6.07) is 27.8. The van der Waals surface area contributed by atoms with Crippen LogP contribution in [0.15, 0.2) is 84.9 Å². The number of aromatic nitrogens is 2. The first-order valence-corrected chi connectivity index (χ1v) is 11.7. The Balaban J connectivity index is 1.77. The normalized spacial score (nSPS) is 11.0. The molecule has 0 spiro atoms. The number of likely N-dealkylation sites (N-methyl/N-ethyl adjacent to an activating group) is 1. The number of amides is 1. The fourth-order valence-electron chi connectivity index (χ4n) is 3.88. The Labute approximate surface area is 207 Å². The number of hydrogen-bond acceptors (Lipinski definition) is 4. The Morgan fingerprint density at radius 3 is 2.34 bits per heavy atom. The average Bonchev–Trinajstić information content (AvgIpc) is 3.32. The second-order valence-corrected chi connectivity index (χ2v) is 8.91. The Morgan fingerprint density at radius 2 is 1.66 bits per heavy atom. The number of ether oxygens (including phenoxy) is 1. The van der Waals surface area contributed by atoms with Crippen molar-refractivity contribution in [1.29, 1.82) is 0 Å². The van der Waals surface area contributed by atoms with Crippen LogP contribution in [0, 0.1) is 6.92 Å². The quantitative estimate of drug-likeness (QED) is 0.345. The average molecular weight is 469 g/mol. The Bertz CT molecular complexity index is 1260. The molecule has 0 fully saturated rings. The van der Waals surface area contributed by atoms with Crippen molar-refractivity contribution in [2.45, 2.75) is 13.5 Å². The molecule has 180 valence electrons. The SMILES string of the molecule is COc1cccc(-c2cc(C(=O)N(CCN(C)C)Cc3ccccc3)n(-c3ccc(C)cc3)n2)c1. The highest BCUT2D eigenvalue weighted by atomic mass is 16.5. The highest BCUT2D eigenvalue weighted by molar-refractivity contribution is 5.94. The van der Waals surface area contributed by atoms with Crippen LogP contribution in [0.3, 0.4) is 0 Å². The van der Waals surface area contributed by atoms with Gasteiger partial charge in [-0.15, -0.1) is 0 Å². The molecule has 1 aromatic heterocycles. The molecular formula is C29H32N4O2. The molecule has 0 radical (unpaired) electrons. The predicted octanol–water partition coefficient (Wildman–Crippen LogP) is 5.06. The third kappa shape index (κ3) is 5.97. The van der Waals surface area contributed by atoms with Gasteiger partial charge in [0, 0.05) is 25.2 Å². The number of carbonyl (C=O) groups excluding carboxylic acids is 1. The Morgan fingerprint density at radius 1 is 0.914 bits per heavy atom. The van der Waals surface area contributed by atoms with Crippen molar-refractivity contribution in [3.05, 3.63) is 102 Å². The van der Waals surface area contributed by atoms with Crippen LogP contribution in [-0.2, 0) is 6.54 Å². The minimum Gasteiger partial charge on any atom is -0.497 e. The van der Waals surface area contributed by atoms with E-state index < -0.39 is 0 Å². The largest absolute Gasteiger partial charge is 0.497 e. The molecule has 0 unspecified atom stereocenters. The maximum Gasteiger partial charge on any atom is 0.272 e. The number of nitrogens with zero attached hydrogens (tertiary/aromatic N) is 4. The first-order chi connectivity index (χ1) is 16.9. The summed E-state index contributed by atoms with van der Waals surface area (Å²) in [5, 5.41) is 4.86. The molecule has 0 aliphatic rings. The van der Waals surface area contributed by atoms with Crippen LogP contribution in [0.1, 0.15) is 21.6 Å². The maximum absolute atomic E-state index is 14.0. The standard InChI is InChI=1S/C29H32N4O2/c1-22-13-15-25(16-14-22)33-28(20-27(30-33)24-11-8-12-26(19-24)35-4)29(34)32(18-17-31(2)3)21-23-9-6-5-7-10-23/h5-16,19-20H,17-18,21H2,1-4H3. The van der Waals surface area contributed by atoms with E-state index in [1.807, 2.05) is 98.7 Å². The van der Waals surface area contributed by atoms with Crippen LogP contribution in [0.2, 0.25) is 0 Å². The van der Waals surface area contributed by atoms with Gasteiger partial charge in [-0.2, -0.15) is 5.10 Å². The minimum absolute atomic E-state index is 0.0575. The van der Waals surface area contributed by atoms with E-state index in [2.05, 4.69) is 17.0 Å². The Kier molecular flexibility index (Phi) is 7.63. The fourth-order valence-corrected chi connectivity index (χ4v) is 3.88. The van der Waals surface area contributed by atoms with Crippen molar-refractivity contribution >= 4 is 5.91 Å². The summed E-state index contributed by atoms with van der Waals surface area (Å²) >= 11 is 0. The number of benzene rings is 3. The van der Waals surface area contributed by atoms with E-state index in [-0.39, 0.29) is 5.91 Å². The van der Waals surface area contributed by atoms with Gasteiger partial charge in [0.1, 0.15) is 11.4 Å². The van der Waals surface area contributed by atoms with Gasteiger partial charge in [-0.25, -0.2) is 4.68 Å². The van der Waals surface area contributed by atoms with Crippen molar-refractivity contribution in [2.24, 2.45) is 0 Å². The molecule has 0 saturated carbocycles. The van der Waals surface area contributed by atoms with Crippen molar-refractivity contribution < 1.29 is 9.53 Å². The summed E-state index contributed by atoms with van der Waals surface area (Å²) in [6.45, 7) is 3.94. The zero-order valence-electron chi connectivity index (χ0n) is 20.8. The molecule has 6 nitrogen and oxygen atoms in total. The van der Waals surface area contributed by atoms with Crippen molar-refractivity contribution in [3.8, 4) is 22.7 Å². The molecular weight excluding hydrogens is 436 g/mol. The van der Waals surface area contributed by atoms with Gasteiger partial charge < -0.3 is 14.5 Å². The monoisotopic (exact) mass is 468 g/mol. The number of carbonyl (C=O) groups is 1. The summed E-state index contributed by atoms with van der Waals surface area (Å²) < 4.78 is 7.16. The topological polar surface area (TPSA) is 50.6 Å². The molecule has 4 aromatic rings. The molecule has 1 heterocycles. The zero-order valence-corrected chi connectivity index (χ0v) is 20.8. The van der Waals surface area contributed by atoms with E-state index >= 15 is 0 Å². The van der Waals surface area contributed by atoms with Crippen molar-refractivity contribution in [1.82, 2.24) is 19.6 Å². The Hall–Kier alpha value is -3.90. The summed E-state index contributed by atoms with van der Waals surface area (Å²) in [5.74, 6) is 0.690. The zero-order chi connectivity index (χ0) is 24.8. The van der Waals surface area contributed by atoms with Crippen LogP contribution in [0.25, 0.3) is 16.9 Å². The molecule has 0 atom stereocenters. The van der Waals surface area contributed by atoms with Crippen LogP contribution < -0.4 is 4.74 Å². The smallest absolute Gasteiger partial charge is 0.272 e. The van der Waals surface area contributed by atoms with E-state index in [0.717, 1.165) is 40.4 Å². The molecule has 3 aromatic carbocycles. The van der Waals surface area contributed by atoms with Gasteiger partial charge in [-0.3, -0.25) is 4.79 Å². The molecule has 0 bridgehead atoms. The van der Waals surface area contributed by atoms with Crippen LogP contribution >= 0.6 is 0 Å². The van der Waals surface area contributed by atoms with Gasteiger partial charge in [0.15, 0.2) is 0 Å². The van der Waals surface area contributed by atoms with Gasteiger partial charge in [-0.1, -0.05) is 60.2 Å². The summed E-state index contributed by atoms with van der Waals surface area (Å²) in [5.41, 5.74) is 5.24. The minimum atomic E-state index is -0.0575. The van der Waals surface area contributed by atoms with E-state index in [4.69, 9.17) is 9.84 Å². The van der Waals surface area contributed by atoms with E-state index in [1.54, 1.807) is 11.8 Å². The lowest BCUT2D eigenvalue weighted by molar-refractivity contribution is 0.0722. The van der Waals surface area contributed by atoms with Crippen molar-refractivity contribution in [3.63, 3.8) is 0 Å². The second-order valence-electron chi connectivity index (χ2n) is 8.91. The van der Waals surface area contributed by atoms with E-state index in [9.17, 15) is 4.79 Å². The lowest BCUT2D eigenvalue weighted by Gasteiger charge is -2.25. The number of rotatable bonds is 9. The van der Waals surface area contributed by atoms with Gasteiger partial charge >= 0.3 is 0 Å².